The number of nitrogens with zero attached hydrogens (tertiary/aromatic N) is 5. The first-order chi connectivity index (χ1) is 25.3. The van der Waals surface area contributed by atoms with Crippen molar-refractivity contribution in [3.8, 4) is 22.6 Å². The number of aliphatic hydroxyl groups is 2. The molecule has 266 valence electrons. The third-order valence-electron chi connectivity index (χ3n) is 11.0. The highest BCUT2D eigenvalue weighted by molar-refractivity contribution is 5.91. The lowest BCUT2D eigenvalue weighted by Crippen LogP contribution is -2.31. The first-order valence-corrected chi connectivity index (χ1v) is 18.2. The summed E-state index contributed by atoms with van der Waals surface area (Å²) >= 11 is 0. The van der Waals surface area contributed by atoms with E-state index in [9.17, 15) is 15.0 Å². The van der Waals surface area contributed by atoms with Crippen molar-refractivity contribution in [1.82, 2.24) is 24.4 Å². The molecule has 1 aliphatic carbocycles. The van der Waals surface area contributed by atoms with Crippen LogP contribution in [0.25, 0.3) is 44.6 Å². The number of rotatable bonds is 9. The molecule has 2 fully saturated rings. The summed E-state index contributed by atoms with van der Waals surface area (Å²) in [7, 11) is 0. The van der Waals surface area contributed by atoms with Crippen molar-refractivity contribution in [2.24, 2.45) is 5.92 Å². The Balaban J connectivity index is 1.08. The average molecular weight is 697 g/mol. The van der Waals surface area contributed by atoms with Crippen molar-refractivity contribution >= 4 is 33.5 Å². The van der Waals surface area contributed by atoms with Gasteiger partial charge in [-0.2, -0.15) is 0 Å². The van der Waals surface area contributed by atoms with Crippen molar-refractivity contribution in [3.05, 3.63) is 113 Å². The lowest BCUT2D eigenvalue weighted by Gasteiger charge is -2.31. The number of fused-ring (bicyclic) bond motifs is 2. The minimum atomic E-state index is -0.268. The Labute approximate surface area is 302 Å². The van der Waals surface area contributed by atoms with Crippen molar-refractivity contribution in [2.75, 3.05) is 18.4 Å². The highest BCUT2D eigenvalue weighted by Gasteiger charge is 2.28. The van der Waals surface area contributed by atoms with Gasteiger partial charge in [0.2, 0.25) is 5.89 Å². The van der Waals surface area contributed by atoms with Gasteiger partial charge in [-0.15, -0.1) is 6.58 Å². The molecule has 1 aliphatic heterocycles. The van der Waals surface area contributed by atoms with E-state index in [-0.39, 0.29) is 29.7 Å². The number of aliphatic hydroxyl groups excluding tert-OH is 2. The predicted molar refractivity (Wildman–Crippen MR) is 205 cm³/mol. The second kappa shape index (κ2) is 14.1. The van der Waals surface area contributed by atoms with Crippen LogP contribution in [0.1, 0.15) is 54.8 Å². The SMILES string of the molecule is C=CC(C1CCC(O)CC1)n1ccc2oc(-c3cccc(-c4cccc(Nc5nccc6cc(CN7CC[C@@H](O)C7)cnc56)c4C)c3C)nc2c1=O. The minimum absolute atomic E-state index is 0.175. The molecular weight excluding hydrogens is 652 g/mol. The van der Waals surface area contributed by atoms with Crippen LogP contribution >= 0.6 is 0 Å². The van der Waals surface area contributed by atoms with Crippen LogP contribution < -0.4 is 10.9 Å². The van der Waals surface area contributed by atoms with E-state index in [1.807, 2.05) is 48.7 Å². The van der Waals surface area contributed by atoms with Gasteiger partial charge in [-0.3, -0.25) is 14.7 Å². The van der Waals surface area contributed by atoms with Gasteiger partial charge in [0.05, 0.1) is 18.2 Å². The molecule has 2 atom stereocenters. The molecule has 6 aromatic rings. The first kappa shape index (κ1) is 34.0. The quantitative estimate of drug-likeness (QED) is 0.132. The zero-order chi connectivity index (χ0) is 35.9. The molecule has 1 saturated carbocycles. The molecule has 52 heavy (non-hydrogen) atoms. The number of hydrogen-bond donors (Lipinski definition) is 3. The van der Waals surface area contributed by atoms with E-state index in [0.717, 1.165) is 95.2 Å². The van der Waals surface area contributed by atoms with Crippen molar-refractivity contribution in [3.63, 3.8) is 0 Å². The fourth-order valence-corrected chi connectivity index (χ4v) is 8.11. The number of hydrogen-bond acceptors (Lipinski definition) is 9. The number of oxazole rings is 1. The summed E-state index contributed by atoms with van der Waals surface area (Å²) in [6.07, 6.45) is 10.8. The fraction of sp³-hybridized carbons (Fsp3) is 0.333. The smallest absolute Gasteiger partial charge is 0.281 e. The minimum Gasteiger partial charge on any atom is -0.436 e. The zero-order valence-corrected chi connectivity index (χ0v) is 29.6. The van der Waals surface area contributed by atoms with E-state index in [0.29, 0.717) is 29.4 Å². The largest absolute Gasteiger partial charge is 0.436 e. The van der Waals surface area contributed by atoms with Crippen molar-refractivity contribution in [2.45, 2.75) is 70.7 Å². The van der Waals surface area contributed by atoms with E-state index in [2.05, 4.69) is 53.8 Å². The fourth-order valence-electron chi connectivity index (χ4n) is 8.11. The number of nitrogens with one attached hydrogen (secondary N) is 1. The van der Waals surface area contributed by atoms with Crippen LogP contribution in [-0.2, 0) is 6.54 Å². The predicted octanol–water partition coefficient (Wildman–Crippen LogP) is 7.47. The number of allylic oxidation sites excluding steroid dienone is 1. The summed E-state index contributed by atoms with van der Waals surface area (Å²) in [6, 6.07) is 18.0. The molecule has 1 saturated heterocycles. The van der Waals surface area contributed by atoms with Crippen LogP contribution in [0.2, 0.25) is 0 Å². The van der Waals surface area contributed by atoms with Gasteiger partial charge in [-0.05, 0) is 110 Å². The Hall–Kier alpha value is -5.16. The molecular formula is C42H44N6O4. The van der Waals surface area contributed by atoms with E-state index in [1.54, 1.807) is 17.0 Å². The second-order valence-corrected chi connectivity index (χ2v) is 14.4. The average Bonchev–Trinajstić information content (AvgIpc) is 3.77. The van der Waals surface area contributed by atoms with Crippen LogP contribution in [0.4, 0.5) is 11.5 Å². The van der Waals surface area contributed by atoms with E-state index >= 15 is 0 Å². The number of likely N-dealkylation sites (tertiary alicyclic amines) is 1. The molecule has 2 aromatic carbocycles. The summed E-state index contributed by atoms with van der Waals surface area (Å²) in [6.45, 7) is 10.5. The van der Waals surface area contributed by atoms with Crippen LogP contribution in [0.3, 0.4) is 0 Å². The van der Waals surface area contributed by atoms with Crippen LogP contribution in [0.5, 0.6) is 0 Å². The number of aromatic nitrogens is 4. The normalized spacial score (nSPS) is 20.0. The molecule has 0 radical (unpaired) electrons. The number of pyridine rings is 3. The maximum Gasteiger partial charge on any atom is 0.281 e. The molecule has 2 aliphatic rings. The van der Waals surface area contributed by atoms with Crippen molar-refractivity contribution < 1.29 is 14.6 Å². The molecule has 1 unspecified atom stereocenters. The van der Waals surface area contributed by atoms with Gasteiger partial charge in [0, 0.05) is 54.9 Å². The van der Waals surface area contributed by atoms with Gasteiger partial charge in [0.15, 0.2) is 16.9 Å². The Bertz CT molecular complexity index is 2340. The van der Waals surface area contributed by atoms with Gasteiger partial charge in [0.1, 0.15) is 5.52 Å². The Morgan fingerprint density at radius 1 is 0.942 bits per heavy atom. The molecule has 10 heteroatoms. The number of benzene rings is 2. The van der Waals surface area contributed by atoms with E-state index in [1.165, 1.54) is 0 Å². The third-order valence-corrected chi connectivity index (χ3v) is 11.0. The number of anilines is 2. The molecule has 0 amide bonds. The summed E-state index contributed by atoms with van der Waals surface area (Å²) in [5, 5.41) is 24.5. The standard InChI is InChI=1S/C42H44N6O4/c1-4-36(28-11-13-30(49)14-12-28)48-20-17-37-39(42(48)51)46-41(52-37)34-9-5-7-32(25(34)2)33-8-6-10-35(26(33)3)45-40-38-29(15-18-43-40)21-27(22-44-38)23-47-19-16-31(50)24-47/h4-10,15,17-18,20-22,28,30-31,36,49-50H,1,11-14,16,19,23-24H2,2-3H3,(H,43,45)/t28?,30?,31-,36?/m1/s1. The molecule has 3 N–H and O–H groups in total. The number of β-amino-alcohol motifs (C(OH)–C–C–N with tert-alkyl or cyclic N) is 1. The summed E-state index contributed by atoms with van der Waals surface area (Å²) < 4.78 is 7.95. The molecule has 4 aromatic heterocycles. The maximum atomic E-state index is 13.8. The zero-order valence-electron chi connectivity index (χ0n) is 29.6. The highest BCUT2D eigenvalue weighted by atomic mass is 16.3. The first-order valence-electron chi connectivity index (χ1n) is 18.2. The molecule has 5 heterocycles. The molecule has 8 rings (SSSR count). The Morgan fingerprint density at radius 3 is 2.48 bits per heavy atom. The maximum absolute atomic E-state index is 13.8. The van der Waals surface area contributed by atoms with Gasteiger partial charge >= 0.3 is 0 Å². The van der Waals surface area contributed by atoms with Crippen LogP contribution in [0.15, 0.2) is 95.1 Å². The van der Waals surface area contributed by atoms with E-state index in [4.69, 9.17) is 14.4 Å². The topological polar surface area (TPSA) is 130 Å². The summed E-state index contributed by atoms with van der Waals surface area (Å²) in [5.74, 6) is 1.32. The highest BCUT2D eigenvalue weighted by Crippen LogP contribution is 2.38. The summed E-state index contributed by atoms with van der Waals surface area (Å²) in [5.41, 5.74) is 8.31. The van der Waals surface area contributed by atoms with E-state index < -0.39 is 0 Å². The van der Waals surface area contributed by atoms with Gasteiger partial charge < -0.3 is 24.5 Å². The van der Waals surface area contributed by atoms with Crippen molar-refractivity contribution in [1.29, 1.82) is 0 Å². The monoisotopic (exact) mass is 696 g/mol. The second-order valence-electron chi connectivity index (χ2n) is 14.4. The van der Waals surface area contributed by atoms with Crippen LogP contribution in [-0.4, -0.2) is 59.9 Å². The van der Waals surface area contributed by atoms with Crippen LogP contribution in [0, 0.1) is 19.8 Å². The molecule has 10 nitrogen and oxygen atoms in total. The third kappa shape index (κ3) is 6.42. The summed E-state index contributed by atoms with van der Waals surface area (Å²) in [4.78, 5) is 30.3. The Morgan fingerprint density at radius 2 is 1.71 bits per heavy atom. The van der Waals surface area contributed by atoms with Gasteiger partial charge in [-0.25, -0.2) is 9.97 Å². The van der Waals surface area contributed by atoms with Gasteiger partial charge in [0.25, 0.3) is 5.56 Å². The molecule has 0 bridgehead atoms. The lowest BCUT2D eigenvalue weighted by molar-refractivity contribution is 0.0984. The lowest BCUT2D eigenvalue weighted by atomic mass is 9.82. The Kier molecular flexibility index (Phi) is 9.21. The molecule has 0 spiro atoms. The van der Waals surface area contributed by atoms with Gasteiger partial charge in [-0.1, -0.05) is 30.3 Å².